The molecule has 1 heterocycles. The number of rotatable bonds is 5. The van der Waals surface area contributed by atoms with Crippen LogP contribution in [-0.4, -0.2) is 23.2 Å². The van der Waals surface area contributed by atoms with E-state index in [1.54, 1.807) is 30.8 Å². The number of carboxylic acids is 1. The van der Waals surface area contributed by atoms with Gasteiger partial charge in [0.15, 0.2) is 0 Å². The third-order valence-corrected chi connectivity index (χ3v) is 3.72. The van der Waals surface area contributed by atoms with Crippen LogP contribution in [0.1, 0.15) is 32.2 Å². The first-order chi connectivity index (χ1) is 10.0. The fourth-order valence-corrected chi connectivity index (χ4v) is 2.26. The van der Waals surface area contributed by atoms with Crippen LogP contribution in [0.15, 0.2) is 39.6 Å². The summed E-state index contributed by atoms with van der Waals surface area (Å²) in [4.78, 5) is 24.0. The summed E-state index contributed by atoms with van der Waals surface area (Å²) >= 11 is 1.60. The third kappa shape index (κ3) is 3.66. The second-order valence-electron chi connectivity index (χ2n) is 4.40. The zero-order valence-electron chi connectivity index (χ0n) is 11.7. The molecule has 6 heteroatoms. The highest BCUT2D eigenvalue weighted by atomic mass is 32.2. The number of nitrogens with one attached hydrogen (secondary N) is 1. The molecule has 1 amide bonds. The predicted molar refractivity (Wildman–Crippen MR) is 79.8 cm³/mol. The SMILES string of the molecule is CSc1ccc(C(=O)NCc2cc(C(=O)O)c(C)o2)cc1. The van der Waals surface area contributed by atoms with Gasteiger partial charge in [-0.05, 0) is 43.5 Å². The van der Waals surface area contributed by atoms with Crippen molar-refractivity contribution in [1.29, 1.82) is 0 Å². The Kier molecular flexibility index (Phi) is 4.70. The van der Waals surface area contributed by atoms with Crippen molar-refractivity contribution in [1.82, 2.24) is 5.32 Å². The van der Waals surface area contributed by atoms with E-state index in [4.69, 9.17) is 9.52 Å². The Hall–Kier alpha value is -2.21. The number of aryl methyl sites for hydroxylation is 1. The Balaban J connectivity index is 2.00. The minimum atomic E-state index is -1.04. The molecule has 110 valence electrons. The molecule has 0 aliphatic carbocycles. The van der Waals surface area contributed by atoms with Crippen molar-refractivity contribution in [2.75, 3.05) is 6.26 Å². The molecule has 5 nitrogen and oxygen atoms in total. The van der Waals surface area contributed by atoms with Gasteiger partial charge >= 0.3 is 5.97 Å². The van der Waals surface area contributed by atoms with Gasteiger partial charge in [-0.1, -0.05) is 0 Å². The van der Waals surface area contributed by atoms with Gasteiger partial charge in [0.25, 0.3) is 5.91 Å². The van der Waals surface area contributed by atoms with Crippen LogP contribution in [0.5, 0.6) is 0 Å². The molecule has 0 fully saturated rings. The summed E-state index contributed by atoms with van der Waals surface area (Å²) in [5.41, 5.74) is 0.665. The van der Waals surface area contributed by atoms with Crippen molar-refractivity contribution in [2.24, 2.45) is 0 Å². The van der Waals surface area contributed by atoms with E-state index in [0.29, 0.717) is 17.1 Å². The number of hydrogen-bond acceptors (Lipinski definition) is 4. The van der Waals surface area contributed by atoms with E-state index >= 15 is 0 Å². The number of furan rings is 1. The molecule has 21 heavy (non-hydrogen) atoms. The summed E-state index contributed by atoms with van der Waals surface area (Å²) in [6.45, 7) is 1.73. The summed E-state index contributed by atoms with van der Waals surface area (Å²) in [6.07, 6.45) is 1.97. The van der Waals surface area contributed by atoms with Gasteiger partial charge in [-0.25, -0.2) is 4.79 Å². The first-order valence-corrected chi connectivity index (χ1v) is 7.48. The molecule has 2 rings (SSSR count). The molecule has 0 unspecified atom stereocenters. The quantitative estimate of drug-likeness (QED) is 0.830. The fraction of sp³-hybridized carbons (Fsp3) is 0.200. The lowest BCUT2D eigenvalue weighted by molar-refractivity contribution is 0.0694. The highest BCUT2D eigenvalue weighted by Crippen LogP contribution is 2.16. The summed E-state index contributed by atoms with van der Waals surface area (Å²) < 4.78 is 5.30. The first kappa shape index (κ1) is 15.2. The molecule has 1 aromatic heterocycles. The van der Waals surface area contributed by atoms with Crippen LogP contribution < -0.4 is 5.32 Å². The zero-order valence-corrected chi connectivity index (χ0v) is 12.5. The maximum absolute atomic E-state index is 12.0. The second-order valence-corrected chi connectivity index (χ2v) is 5.28. The molecule has 2 N–H and O–H groups in total. The average molecular weight is 305 g/mol. The standard InChI is InChI=1S/C15H15NO4S/c1-9-13(15(18)19)7-11(20-9)8-16-14(17)10-3-5-12(21-2)6-4-10/h3-7H,8H2,1-2H3,(H,16,17)(H,18,19). The predicted octanol–water partition coefficient (Wildman–Crippen LogP) is 2.94. The maximum atomic E-state index is 12.0. The third-order valence-electron chi connectivity index (χ3n) is 2.97. The van der Waals surface area contributed by atoms with Crippen LogP contribution in [0.25, 0.3) is 0 Å². The van der Waals surface area contributed by atoms with E-state index in [1.165, 1.54) is 6.07 Å². The topological polar surface area (TPSA) is 79.5 Å². The summed E-state index contributed by atoms with van der Waals surface area (Å²) in [6, 6.07) is 8.67. The molecule has 0 radical (unpaired) electrons. The summed E-state index contributed by atoms with van der Waals surface area (Å²) in [5.74, 6) is -0.523. The smallest absolute Gasteiger partial charge is 0.339 e. The largest absolute Gasteiger partial charge is 0.478 e. The minimum absolute atomic E-state index is 0.114. The number of amides is 1. The molecule has 0 bridgehead atoms. The van der Waals surface area contributed by atoms with E-state index in [1.807, 2.05) is 18.4 Å². The number of hydrogen-bond donors (Lipinski definition) is 2. The molecule has 1 aromatic carbocycles. The monoisotopic (exact) mass is 305 g/mol. The Morgan fingerprint density at radius 3 is 2.48 bits per heavy atom. The van der Waals surface area contributed by atoms with E-state index < -0.39 is 5.97 Å². The first-order valence-electron chi connectivity index (χ1n) is 6.26. The molecule has 0 aliphatic rings. The van der Waals surface area contributed by atoms with Crippen molar-refractivity contribution >= 4 is 23.6 Å². The molecule has 0 aliphatic heterocycles. The fourth-order valence-electron chi connectivity index (χ4n) is 1.85. The Morgan fingerprint density at radius 1 is 1.29 bits per heavy atom. The van der Waals surface area contributed by atoms with Gasteiger partial charge in [-0.15, -0.1) is 11.8 Å². The molecule has 0 atom stereocenters. The van der Waals surface area contributed by atoms with Gasteiger partial charge in [0, 0.05) is 10.5 Å². The van der Waals surface area contributed by atoms with Gasteiger partial charge in [-0.2, -0.15) is 0 Å². The lowest BCUT2D eigenvalue weighted by Crippen LogP contribution is -2.22. The van der Waals surface area contributed by atoms with E-state index in [9.17, 15) is 9.59 Å². The van der Waals surface area contributed by atoms with Crippen molar-refractivity contribution in [3.05, 3.63) is 53.0 Å². The Labute approximate surface area is 126 Å². The van der Waals surface area contributed by atoms with Crippen LogP contribution in [0.2, 0.25) is 0 Å². The number of carboxylic acid groups (broad SMARTS) is 1. The molecular weight excluding hydrogens is 290 g/mol. The Morgan fingerprint density at radius 2 is 1.95 bits per heavy atom. The van der Waals surface area contributed by atoms with Crippen LogP contribution in [0.4, 0.5) is 0 Å². The van der Waals surface area contributed by atoms with Crippen LogP contribution in [0.3, 0.4) is 0 Å². The number of benzene rings is 1. The summed E-state index contributed by atoms with van der Waals surface area (Å²) in [5, 5.41) is 11.6. The highest BCUT2D eigenvalue weighted by Gasteiger charge is 2.14. The molecule has 0 saturated heterocycles. The lowest BCUT2D eigenvalue weighted by Gasteiger charge is -2.04. The van der Waals surface area contributed by atoms with Gasteiger partial charge in [0.05, 0.1) is 6.54 Å². The number of thioether (sulfide) groups is 1. The molecular formula is C15H15NO4S. The number of aromatic carboxylic acids is 1. The van der Waals surface area contributed by atoms with Crippen molar-refractivity contribution in [3.8, 4) is 0 Å². The minimum Gasteiger partial charge on any atom is -0.478 e. The number of carbonyl (C=O) groups excluding carboxylic acids is 1. The lowest BCUT2D eigenvalue weighted by atomic mass is 10.2. The average Bonchev–Trinajstić information content (AvgIpc) is 2.86. The molecule has 0 saturated carbocycles. The molecule has 0 spiro atoms. The second kappa shape index (κ2) is 6.49. The Bertz CT molecular complexity index is 661. The van der Waals surface area contributed by atoms with Crippen molar-refractivity contribution < 1.29 is 19.1 Å². The van der Waals surface area contributed by atoms with Crippen molar-refractivity contribution in [3.63, 3.8) is 0 Å². The maximum Gasteiger partial charge on any atom is 0.339 e. The number of carbonyl (C=O) groups is 2. The summed E-state index contributed by atoms with van der Waals surface area (Å²) in [7, 11) is 0. The van der Waals surface area contributed by atoms with Gasteiger partial charge in [0.2, 0.25) is 0 Å². The van der Waals surface area contributed by atoms with Crippen molar-refractivity contribution in [2.45, 2.75) is 18.4 Å². The normalized spacial score (nSPS) is 10.4. The van der Waals surface area contributed by atoms with Crippen LogP contribution in [0, 0.1) is 6.92 Å². The van der Waals surface area contributed by atoms with E-state index in [-0.39, 0.29) is 18.0 Å². The van der Waals surface area contributed by atoms with Gasteiger partial charge in [0.1, 0.15) is 17.1 Å². The highest BCUT2D eigenvalue weighted by molar-refractivity contribution is 7.98. The molecule has 2 aromatic rings. The van der Waals surface area contributed by atoms with Gasteiger partial charge in [-0.3, -0.25) is 4.79 Å². The van der Waals surface area contributed by atoms with E-state index in [0.717, 1.165) is 4.90 Å². The van der Waals surface area contributed by atoms with E-state index in [2.05, 4.69) is 5.32 Å². The zero-order chi connectivity index (χ0) is 15.4. The van der Waals surface area contributed by atoms with Crippen LogP contribution in [-0.2, 0) is 6.54 Å². The van der Waals surface area contributed by atoms with Gasteiger partial charge < -0.3 is 14.8 Å². The van der Waals surface area contributed by atoms with Crippen LogP contribution >= 0.6 is 11.8 Å².